The minimum absolute atomic E-state index is 0.0957. The first kappa shape index (κ1) is 26.0. The molecule has 190 valence electrons. The number of allylic oxidation sites excluding steroid dienone is 1. The molecular formula is C30H31F3O3. The van der Waals surface area contributed by atoms with Crippen molar-refractivity contribution < 1.29 is 27.4 Å². The van der Waals surface area contributed by atoms with Gasteiger partial charge >= 0.3 is 0 Å². The minimum Gasteiger partial charge on any atom is -0.490 e. The molecule has 1 saturated heterocycles. The number of unbranched alkanes of at least 4 members (excludes halogenated alkanes) is 1. The summed E-state index contributed by atoms with van der Waals surface area (Å²) in [4.78, 5) is 0. The van der Waals surface area contributed by atoms with Crippen molar-refractivity contribution in [3.8, 4) is 28.0 Å². The van der Waals surface area contributed by atoms with E-state index in [0.717, 1.165) is 25.7 Å². The number of hydrogen-bond donors (Lipinski definition) is 0. The number of ether oxygens (including phenoxy) is 3. The fourth-order valence-electron chi connectivity index (χ4n) is 4.19. The van der Waals surface area contributed by atoms with Crippen LogP contribution in [0.15, 0.2) is 67.3 Å². The van der Waals surface area contributed by atoms with E-state index in [1.165, 1.54) is 18.2 Å². The second-order valence-electron chi connectivity index (χ2n) is 8.99. The molecule has 0 N–H and O–H groups in total. The van der Waals surface area contributed by atoms with E-state index >= 15 is 4.39 Å². The van der Waals surface area contributed by atoms with Crippen LogP contribution in [-0.2, 0) is 9.47 Å². The van der Waals surface area contributed by atoms with Crippen molar-refractivity contribution in [3.05, 3.63) is 90.3 Å². The first-order valence-corrected chi connectivity index (χ1v) is 12.4. The molecule has 1 fully saturated rings. The van der Waals surface area contributed by atoms with Crippen molar-refractivity contribution in [2.24, 2.45) is 5.92 Å². The van der Waals surface area contributed by atoms with Crippen LogP contribution in [0.3, 0.4) is 0 Å². The maximum absolute atomic E-state index is 15.0. The topological polar surface area (TPSA) is 27.7 Å². The number of hydrogen-bond acceptors (Lipinski definition) is 3. The maximum Gasteiger partial charge on any atom is 0.201 e. The van der Waals surface area contributed by atoms with Crippen molar-refractivity contribution in [1.29, 1.82) is 0 Å². The predicted molar refractivity (Wildman–Crippen MR) is 135 cm³/mol. The van der Waals surface area contributed by atoms with Gasteiger partial charge in [0.2, 0.25) is 5.82 Å². The van der Waals surface area contributed by atoms with Crippen LogP contribution in [0.25, 0.3) is 22.3 Å². The van der Waals surface area contributed by atoms with Crippen LogP contribution in [0.4, 0.5) is 13.2 Å². The molecule has 0 saturated carbocycles. The van der Waals surface area contributed by atoms with Gasteiger partial charge in [0.15, 0.2) is 17.9 Å². The lowest BCUT2D eigenvalue weighted by molar-refractivity contribution is -0.205. The molecule has 3 aromatic carbocycles. The van der Waals surface area contributed by atoms with E-state index in [9.17, 15) is 8.78 Å². The molecule has 0 spiro atoms. The summed E-state index contributed by atoms with van der Waals surface area (Å²) in [6, 6.07) is 14.5. The maximum atomic E-state index is 15.0. The Labute approximate surface area is 210 Å². The summed E-state index contributed by atoms with van der Waals surface area (Å²) in [6.45, 7) is 7.18. The van der Waals surface area contributed by atoms with Gasteiger partial charge < -0.3 is 14.2 Å². The van der Waals surface area contributed by atoms with Gasteiger partial charge in [-0.25, -0.2) is 8.78 Å². The summed E-state index contributed by atoms with van der Waals surface area (Å²) in [6.07, 6.45) is 4.80. The molecule has 0 bridgehead atoms. The molecule has 3 nitrogen and oxygen atoms in total. The van der Waals surface area contributed by atoms with E-state index in [1.807, 2.05) is 13.0 Å². The second kappa shape index (κ2) is 12.2. The van der Waals surface area contributed by atoms with Crippen molar-refractivity contribution in [2.45, 2.75) is 38.9 Å². The van der Waals surface area contributed by atoms with E-state index < -0.39 is 23.7 Å². The van der Waals surface area contributed by atoms with Gasteiger partial charge in [0.25, 0.3) is 0 Å². The van der Waals surface area contributed by atoms with Gasteiger partial charge in [-0.1, -0.05) is 55.8 Å². The van der Waals surface area contributed by atoms with Crippen LogP contribution in [-0.4, -0.2) is 19.8 Å². The Bertz CT molecular complexity index is 1170. The SMILES string of the molecule is C=CCCC1COC(c2ccc(-c3ccc(-c4ccc(OCCCC)c(F)c4F)cc3)c(F)c2)OC1. The molecular weight excluding hydrogens is 465 g/mol. The number of rotatable bonds is 10. The van der Waals surface area contributed by atoms with Gasteiger partial charge in [0.1, 0.15) is 5.82 Å². The Balaban J connectivity index is 1.46. The molecule has 4 rings (SSSR count). The molecule has 6 heteroatoms. The van der Waals surface area contributed by atoms with E-state index in [2.05, 4.69) is 6.58 Å². The van der Waals surface area contributed by atoms with E-state index in [0.29, 0.717) is 48.0 Å². The summed E-state index contributed by atoms with van der Waals surface area (Å²) in [5.41, 5.74) is 2.25. The quantitative estimate of drug-likeness (QED) is 0.209. The molecule has 0 unspecified atom stereocenters. The van der Waals surface area contributed by atoms with Gasteiger partial charge in [-0.15, -0.1) is 6.58 Å². The van der Waals surface area contributed by atoms with Crippen molar-refractivity contribution >= 4 is 0 Å². The van der Waals surface area contributed by atoms with Crippen LogP contribution in [0.1, 0.15) is 44.5 Å². The molecule has 0 radical (unpaired) electrons. The normalized spacial score (nSPS) is 17.7. The highest BCUT2D eigenvalue weighted by molar-refractivity contribution is 5.71. The molecule has 1 aliphatic rings. The van der Waals surface area contributed by atoms with Gasteiger partial charge in [-0.2, -0.15) is 4.39 Å². The highest BCUT2D eigenvalue weighted by Crippen LogP contribution is 2.34. The average molecular weight is 497 g/mol. The lowest BCUT2D eigenvalue weighted by Crippen LogP contribution is -2.27. The van der Waals surface area contributed by atoms with E-state index in [4.69, 9.17) is 14.2 Å². The average Bonchev–Trinajstić information content (AvgIpc) is 2.90. The second-order valence-corrected chi connectivity index (χ2v) is 8.99. The first-order valence-electron chi connectivity index (χ1n) is 12.4. The van der Waals surface area contributed by atoms with Gasteiger partial charge in [-0.3, -0.25) is 0 Å². The zero-order valence-electron chi connectivity index (χ0n) is 20.4. The zero-order valence-corrected chi connectivity index (χ0v) is 20.4. The van der Waals surface area contributed by atoms with Gasteiger partial charge in [0.05, 0.1) is 19.8 Å². The fourth-order valence-corrected chi connectivity index (χ4v) is 4.19. The molecule has 0 atom stereocenters. The fraction of sp³-hybridized carbons (Fsp3) is 0.333. The van der Waals surface area contributed by atoms with Crippen molar-refractivity contribution in [3.63, 3.8) is 0 Å². The summed E-state index contributed by atoms with van der Waals surface area (Å²) in [5, 5.41) is 0. The molecule has 0 amide bonds. The summed E-state index contributed by atoms with van der Waals surface area (Å²) in [5.74, 6) is -2.17. The zero-order chi connectivity index (χ0) is 25.5. The number of benzene rings is 3. The smallest absolute Gasteiger partial charge is 0.201 e. The molecule has 3 aromatic rings. The van der Waals surface area contributed by atoms with Crippen molar-refractivity contribution in [1.82, 2.24) is 0 Å². The first-order chi connectivity index (χ1) is 17.5. The van der Waals surface area contributed by atoms with Crippen LogP contribution >= 0.6 is 0 Å². The Morgan fingerprint density at radius 3 is 2.22 bits per heavy atom. The largest absolute Gasteiger partial charge is 0.490 e. The van der Waals surface area contributed by atoms with Crippen molar-refractivity contribution in [2.75, 3.05) is 19.8 Å². The summed E-state index contributed by atoms with van der Waals surface area (Å²) >= 11 is 0. The standard InChI is InChI=1S/C30H31F3O3/c1-3-5-7-20-18-35-30(36-19-20)23-12-13-24(26(31)17-23)21-8-10-22(11-9-21)25-14-15-27(29(33)28(25)32)34-16-6-4-2/h3,8-15,17,20,30H,1,4-7,16,18-19H2,2H3. The van der Waals surface area contributed by atoms with Gasteiger partial charge in [0, 0.05) is 22.6 Å². The molecule has 0 aliphatic carbocycles. The van der Waals surface area contributed by atoms with Crippen LogP contribution < -0.4 is 4.74 Å². The Morgan fingerprint density at radius 2 is 1.58 bits per heavy atom. The molecule has 0 aromatic heterocycles. The molecule has 36 heavy (non-hydrogen) atoms. The molecule has 1 heterocycles. The van der Waals surface area contributed by atoms with Crippen LogP contribution in [0.5, 0.6) is 5.75 Å². The van der Waals surface area contributed by atoms with E-state index in [1.54, 1.807) is 36.4 Å². The third kappa shape index (κ3) is 6.00. The lowest BCUT2D eigenvalue weighted by Gasteiger charge is -2.29. The highest BCUT2D eigenvalue weighted by Gasteiger charge is 2.24. The predicted octanol–water partition coefficient (Wildman–Crippen LogP) is 8.24. The Hall–Kier alpha value is -3.09. The third-order valence-electron chi connectivity index (χ3n) is 6.32. The minimum atomic E-state index is -1.01. The van der Waals surface area contributed by atoms with E-state index in [-0.39, 0.29) is 11.3 Å². The Kier molecular flexibility index (Phi) is 8.83. The summed E-state index contributed by atoms with van der Waals surface area (Å²) in [7, 11) is 0. The van der Waals surface area contributed by atoms with Gasteiger partial charge in [-0.05, 0) is 48.6 Å². The highest BCUT2D eigenvalue weighted by atomic mass is 19.2. The monoisotopic (exact) mass is 496 g/mol. The molecule has 1 aliphatic heterocycles. The van der Waals surface area contributed by atoms with Crippen LogP contribution in [0.2, 0.25) is 0 Å². The van der Waals surface area contributed by atoms with Crippen LogP contribution in [0, 0.1) is 23.4 Å². The third-order valence-corrected chi connectivity index (χ3v) is 6.32. The lowest BCUT2D eigenvalue weighted by atomic mass is 9.98. The Morgan fingerprint density at radius 1 is 0.917 bits per heavy atom. The summed E-state index contributed by atoms with van der Waals surface area (Å²) < 4.78 is 61.1. The number of halogens is 3.